The number of hydrogen-bond acceptors (Lipinski definition) is 2. The van der Waals surface area contributed by atoms with Crippen molar-refractivity contribution < 1.29 is 18.6 Å². The summed E-state index contributed by atoms with van der Waals surface area (Å²) in [5.41, 5.74) is 1.57. The maximum Gasteiger partial charge on any atom is 0.171 e. The summed E-state index contributed by atoms with van der Waals surface area (Å²) in [4.78, 5) is 28.1. The molecule has 2 atom stereocenters. The van der Waals surface area contributed by atoms with E-state index in [4.69, 9.17) is 0 Å². The molecule has 0 N–H and O–H groups in total. The minimum absolute atomic E-state index is 0.151. The number of ketones is 2. The van der Waals surface area contributed by atoms with E-state index in [2.05, 4.69) is 14.1 Å². The zero-order valence-electron chi connectivity index (χ0n) is 23.2. The van der Waals surface area contributed by atoms with E-state index in [1.165, 1.54) is 51.4 Å². The van der Waals surface area contributed by atoms with Gasteiger partial charge in [0.1, 0.15) is 0 Å². The molecule has 2 aromatic carbocycles. The van der Waals surface area contributed by atoms with Gasteiger partial charge in [-0.2, -0.15) is 0 Å². The van der Waals surface area contributed by atoms with Crippen molar-refractivity contribution in [3.05, 3.63) is 71.8 Å². The lowest BCUT2D eigenvalue weighted by molar-refractivity contribution is -0.913. The fourth-order valence-electron chi connectivity index (χ4n) is 6.88. The highest BCUT2D eigenvalue weighted by Gasteiger charge is 2.38. The van der Waals surface area contributed by atoms with E-state index in [1.807, 2.05) is 60.7 Å². The molecule has 2 heterocycles. The summed E-state index contributed by atoms with van der Waals surface area (Å²) in [6.07, 6.45) is 10.7. The number of benzene rings is 2. The Bertz CT molecular complexity index is 906. The van der Waals surface area contributed by atoms with Gasteiger partial charge in [0.05, 0.1) is 65.2 Å². The van der Waals surface area contributed by atoms with Crippen LogP contribution in [0.4, 0.5) is 0 Å². The van der Waals surface area contributed by atoms with Crippen LogP contribution >= 0.6 is 0 Å². The third-order valence-corrected chi connectivity index (χ3v) is 9.04. The largest absolute Gasteiger partial charge is 0.325 e. The van der Waals surface area contributed by atoms with E-state index in [1.54, 1.807) is 0 Å². The Labute approximate surface area is 224 Å². The molecule has 0 amide bonds. The molecule has 0 bridgehead atoms. The lowest BCUT2D eigenvalue weighted by atomic mass is 9.83. The van der Waals surface area contributed by atoms with Gasteiger partial charge in [-0.25, -0.2) is 0 Å². The Hall–Kier alpha value is -2.30. The molecular weight excluding hydrogens is 456 g/mol. The summed E-state index contributed by atoms with van der Waals surface area (Å²) in [5.74, 6) is 0.130. The lowest BCUT2D eigenvalue weighted by Crippen LogP contribution is -2.52. The quantitative estimate of drug-likeness (QED) is 0.277. The normalized spacial score (nSPS) is 21.2. The van der Waals surface area contributed by atoms with Gasteiger partial charge in [-0.15, -0.1) is 0 Å². The molecule has 0 aliphatic carbocycles. The summed E-state index contributed by atoms with van der Waals surface area (Å²) < 4.78 is 1.89. The van der Waals surface area contributed by atoms with Crippen LogP contribution in [0.5, 0.6) is 0 Å². The Morgan fingerprint density at radius 2 is 0.892 bits per heavy atom. The van der Waals surface area contributed by atoms with Crippen LogP contribution in [-0.2, 0) is 0 Å². The van der Waals surface area contributed by atoms with Crippen molar-refractivity contribution in [3.63, 3.8) is 0 Å². The molecule has 37 heavy (non-hydrogen) atoms. The van der Waals surface area contributed by atoms with Gasteiger partial charge in [0.2, 0.25) is 0 Å². The Morgan fingerprint density at radius 1 is 0.568 bits per heavy atom. The second-order valence-electron chi connectivity index (χ2n) is 12.4. The van der Waals surface area contributed by atoms with Crippen LogP contribution in [0.25, 0.3) is 0 Å². The van der Waals surface area contributed by atoms with Crippen LogP contribution in [0.15, 0.2) is 60.7 Å². The molecule has 2 saturated heterocycles. The number of likely N-dealkylation sites (tertiary alicyclic amines) is 2. The first kappa shape index (κ1) is 27.7. The zero-order valence-corrected chi connectivity index (χ0v) is 23.2. The molecule has 0 saturated carbocycles. The van der Waals surface area contributed by atoms with Crippen LogP contribution in [-0.4, -0.2) is 73.9 Å². The Balaban J connectivity index is 1.65. The van der Waals surface area contributed by atoms with Gasteiger partial charge in [0.25, 0.3) is 0 Å². The first-order valence-electron chi connectivity index (χ1n) is 14.7. The predicted molar refractivity (Wildman–Crippen MR) is 152 cm³/mol. The van der Waals surface area contributed by atoms with Crippen molar-refractivity contribution in [3.8, 4) is 0 Å². The molecule has 0 aromatic heterocycles. The topological polar surface area (TPSA) is 34.1 Å². The van der Waals surface area contributed by atoms with Gasteiger partial charge >= 0.3 is 0 Å². The van der Waals surface area contributed by atoms with Crippen LogP contribution < -0.4 is 0 Å². The SMILES string of the molecule is C[N+]1(C[C@H](C[C@@H](C[N+]2(C)CCCCCC2)C(=O)c2ccccc2)C(=O)c2ccccc2)CCCCCC1. The predicted octanol–water partition coefficient (Wildman–Crippen LogP) is 6.42. The molecule has 2 fully saturated rings. The smallest absolute Gasteiger partial charge is 0.171 e. The molecule has 0 spiro atoms. The number of hydrogen-bond donors (Lipinski definition) is 0. The van der Waals surface area contributed by atoms with Gasteiger partial charge in [-0.05, 0) is 57.8 Å². The van der Waals surface area contributed by atoms with Gasteiger partial charge in [0.15, 0.2) is 11.6 Å². The van der Waals surface area contributed by atoms with Crippen LogP contribution in [0.3, 0.4) is 0 Å². The molecule has 2 aliphatic rings. The van der Waals surface area contributed by atoms with Crippen LogP contribution in [0.1, 0.15) is 78.5 Å². The van der Waals surface area contributed by atoms with Gasteiger partial charge in [-0.3, -0.25) is 9.59 Å². The second-order valence-corrected chi connectivity index (χ2v) is 12.4. The van der Waals surface area contributed by atoms with Crippen LogP contribution in [0, 0.1) is 11.8 Å². The molecule has 4 nitrogen and oxygen atoms in total. The van der Waals surface area contributed by atoms with Crippen molar-refractivity contribution in [2.24, 2.45) is 11.8 Å². The number of nitrogens with zero attached hydrogens (tertiary/aromatic N) is 2. The highest BCUT2D eigenvalue weighted by molar-refractivity contribution is 6.00. The third-order valence-electron chi connectivity index (χ3n) is 9.04. The zero-order chi connectivity index (χ0) is 26.1. The Morgan fingerprint density at radius 3 is 1.22 bits per heavy atom. The monoisotopic (exact) mass is 504 g/mol. The average Bonchev–Trinajstić information content (AvgIpc) is 3.27. The molecule has 200 valence electrons. The third kappa shape index (κ3) is 7.85. The number of quaternary nitrogens is 2. The summed E-state index contributed by atoms with van der Waals surface area (Å²) in [6.45, 7) is 6.17. The number of carbonyl (C=O) groups is 2. The number of rotatable bonds is 10. The van der Waals surface area contributed by atoms with Crippen molar-refractivity contribution in [1.29, 1.82) is 0 Å². The second kappa shape index (κ2) is 13.0. The lowest BCUT2D eigenvalue weighted by Gasteiger charge is -2.39. The maximum atomic E-state index is 14.0. The molecule has 2 aliphatic heterocycles. The summed E-state index contributed by atoms with van der Waals surface area (Å²) >= 11 is 0. The van der Waals surface area contributed by atoms with E-state index in [9.17, 15) is 9.59 Å². The first-order valence-corrected chi connectivity index (χ1v) is 14.7. The molecule has 4 rings (SSSR count). The van der Waals surface area contributed by atoms with Gasteiger partial charge < -0.3 is 8.97 Å². The van der Waals surface area contributed by atoms with Crippen molar-refractivity contribution in [2.45, 2.75) is 57.8 Å². The summed E-state index contributed by atoms with van der Waals surface area (Å²) in [7, 11) is 4.68. The fraction of sp³-hybridized carbons (Fsp3) is 0.576. The van der Waals surface area contributed by atoms with Crippen molar-refractivity contribution in [2.75, 3.05) is 53.4 Å². The van der Waals surface area contributed by atoms with Crippen LogP contribution in [0.2, 0.25) is 0 Å². The minimum atomic E-state index is -0.151. The molecule has 4 heteroatoms. The molecule has 0 unspecified atom stereocenters. The van der Waals surface area contributed by atoms with E-state index < -0.39 is 0 Å². The van der Waals surface area contributed by atoms with E-state index in [0.29, 0.717) is 6.42 Å². The fourth-order valence-corrected chi connectivity index (χ4v) is 6.88. The summed E-state index contributed by atoms with van der Waals surface area (Å²) in [6, 6.07) is 19.6. The van der Waals surface area contributed by atoms with E-state index >= 15 is 0 Å². The highest BCUT2D eigenvalue weighted by atomic mass is 16.1. The Kier molecular flexibility index (Phi) is 9.72. The van der Waals surface area contributed by atoms with Crippen molar-refractivity contribution in [1.82, 2.24) is 0 Å². The number of carbonyl (C=O) groups excluding carboxylic acids is 2. The first-order chi connectivity index (χ1) is 17.9. The molecule has 0 radical (unpaired) electrons. The standard InChI is InChI=1S/C33H48N2O2/c1-34(21-13-3-4-14-22-34)26-30(32(36)28-17-9-7-10-18-28)25-31(33(37)29-19-11-8-12-20-29)27-35(2)23-15-5-6-16-24-35/h7-12,17-20,30-31H,3-6,13-16,21-27H2,1-2H3/q+2/t30-,31-/m0/s1. The minimum Gasteiger partial charge on any atom is -0.325 e. The molecular formula is C33H48N2O2+2. The maximum absolute atomic E-state index is 14.0. The average molecular weight is 505 g/mol. The summed E-state index contributed by atoms with van der Waals surface area (Å²) in [5, 5.41) is 0. The molecule has 2 aromatic rings. The van der Waals surface area contributed by atoms with Crippen molar-refractivity contribution >= 4 is 11.6 Å². The van der Waals surface area contributed by atoms with Gasteiger partial charge in [-0.1, -0.05) is 60.7 Å². The number of Topliss-reactive ketones (excluding diaryl/α,β-unsaturated/α-hetero) is 2. The van der Waals surface area contributed by atoms with E-state index in [0.717, 1.165) is 59.4 Å². The highest BCUT2D eigenvalue weighted by Crippen LogP contribution is 2.29. The van der Waals surface area contributed by atoms with E-state index in [-0.39, 0.29) is 23.4 Å². The van der Waals surface area contributed by atoms with Gasteiger partial charge in [0, 0.05) is 11.1 Å².